The van der Waals surface area contributed by atoms with Crippen molar-refractivity contribution in [3.8, 4) is 0 Å². The minimum Gasteiger partial charge on any atom is -0.379 e. The molecular formula is C8H15O4PS2. The lowest BCUT2D eigenvalue weighted by molar-refractivity contribution is 0.113. The van der Waals surface area contributed by atoms with Gasteiger partial charge in [0.2, 0.25) is 5.69 Å². The van der Waals surface area contributed by atoms with Crippen molar-refractivity contribution >= 4 is 29.7 Å². The van der Waals surface area contributed by atoms with Crippen LogP contribution in [0.3, 0.4) is 0 Å². The highest BCUT2D eigenvalue weighted by molar-refractivity contribution is 8.60. The Labute approximate surface area is 99.9 Å². The predicted octanol–water partition coefficient (Wildman–Crippen LogP) is 1.75. The lowest BCUT2D eigenvalue weighted by Gasteiger charge is -2.22. The van der Waals surface area contributed by atoms with Crippen LogP contribution in [0.5, 0.6) is 0 Å². The molecule has 2 saturated heterocycles. The topological polar surface area (TPSA) is 36.9 Å². The number of ether oxygens (including phenoxy) is 2. The highest BCUT2D eigenvalue weighted by atomic mass is 32.9. The molecule has 0 aromatic carbocycles. The second-order valence-electron chi connectivity index (χ2n) is 3.65. The van der Waals surface area contributed by atoms with Gasteiger partial charge in [-0.1, -0.05) is 12.2 Å². The fraction of sp³-hybridized carbons (Fsp3) is 1.00. The second-order valence-corrected chi connectivity index (χ2v) is 8.84. The maximum Gasteiger partial charge on any atom is 0.244 e. The Bertz CT molecular complexity index is 229. The van der Waals surface area contributed by atoms with Crippen LogP contribution in [0.25, 0.3) is 0 Å². The fourth-order valence-corrected chi connectivity index (χ4v) is 4.26. The SMILES string of the molecule is S=P(S)(OC1CCOC1)OC1CCOC1. The maximum absolute atomic E-state index is 5.65. The van der Waals surface area contributed by atoms with E-state index in [1.807, 2.05) is 0 Å². The van der Waals surface area contributed by atoms with Gasteiger partial charge in [-0.15, -0.1) is 0 Å². The summed E-state index contributed by atoms with van der Waals surface area (Å²) in [5, 5.41) is 0. The van der Waals surface area contributed by atoms with Gasteiger partial charge in [0.15, 0.2) is 0 Å². The standard InChI is InChI=1S/C8H15O4PS2/c14-13(15,11-7-1-3-9-5-7)12-8-2-4-10-6-8/h7-8H,1-6H2,(H,14,15). The van der Waals surface area contributed by atoms with Gasteiger partial charge in [0.25, 0.3) is 0 Å². The third-order valence-corrected chi connectivity index (χ3v) is 4.55. The number of hydrogen-bond donors (Lipinski definition) is 1. The highest BCUT2D eigenvalue weighted by Crippen LogP contribution is 2.56. The van der Waals surface area contributed by atoms with Crippen LogP contribution >= 0.6 is 17.9 Å². The first kappa shape index (κ1) is 12.3. The van der Waals surface area contributed by atoms with Crippen LogP contribution < -0.4 is 0 Å². The van der Waals surface area contributed by atoms with Gasteiger partial charge < -0.3 is 18.5 Å². The first-order valence-corrected chi connectivity index (χ1v) is 8.80. The zero-order valence-electron chi connectivity index (χ0n) is 8.33. The lowest BCUT2D eigenvalue weighted by atomic mass is 10.3. The van der Waals surface area contributed by atoms with Gasteiger partial charge in [-0.25, -0.2) is 0 Å². The Morgan fingerprint density at radius 1 is 1.07 bits per heavy atom. The van der Waals surface area contributed by atoms with Crippen molar-refractivity contribution in [2.45, 2.75) is 25.0 Å². The summed E-state index contributed by atoms with van der Waals surface area (Å²) in [5.74, 6) is 0. The molecule has 0 saturated carbocycles. The first-order valence-electron chi connectivity index (χ1n) is 5.01. The van der Waals surface area contributed by atoms with Crippen LogP contribution in [0.4, 0.5) is 0 Å². The van der Waals surface area contributed by atoms with E-state index in [0.29, 0.717) is 13.2 Å². The van der Waals surface area contributed by atoms with Gasteiger partial charge in [-0.2, -0.15) is 0 Å². The van der Waals surface area contributed by atoms with Crippen LogP contribution in [-0.4, -0.2) is 38.6 Å². The largest absolute Gasteiger partial charge is 0.379 e. The Balaban J connectivity index is 1.79. The Hall–Kier alpha value is 0.840. The van der Waals surface area contributed by atoms with E-state index in [0.717, 1.165) is 26.1 Å². The molecule has 2 fully saturated rings. The molecule has 2 atom stereocenters. The van der Waals surface area contributed by atoms with E-state index >= 15 is 0 Å². The van der Waals surface area contributed by atoms with Crippen molar-refractivity contribution in [2.75, 3.05) is 26.4 Å². The monoisotopic (exact) mass is 270 g/mol. The molecule has 2 rings (SSSR count). The molecule has 2 aliphatic rings. The molecule has 88 valence electrons. The van der Waals surface area contributed by atoms with E-state index in [1.165, 1.54) is 0 Å². The summed E-state index contributed by atoms with van der Waals surface area (Å²) in [6, 6.07) is 0. The van der Waals surface area contributed by atoms with Crippen molar-refractivity contribution in [3.05, 3.63) is 0 Å². The van der Waals surface area contributed by atoms with E-state index in [1.54, 1.807) is 0 Å². The van der Waals surface area contributed by atoms with Crippen LogP contribution in [0.2, 0.25) is 0 Å². The summed E-state index contributed by atoms with van der Waals surface area (Å²) >= 11 is 9.54. The fourth-order valence-electron chi connectivity index (χ4n) is 1.59. The Kier molecular flexibility index (Phi) is 4.47. The molecule has 15 heavy (non-hydrogen) atoms. The summed E-state index contributed by atoms with van der Waals surface area (Å²) in [6.45, 7) is 2.67. The quantitative estimate of drug-likeness (QED) is 0.622. The van der Waals surface area contributed by atoms with E-state index in [-0.39, 0.29) is 12.2 Å². The Morgan fingerprint density at radius 3 is 1.87 bits per heavy atom. The second kappa shape index (κ2) is 5.45. The van der Waals surface area contributed by atoms with E-state index < -0.39 is 5.69 Å². The molecule has 4 nitrogen and oxygen atoms in total. The molecule has 0 aromatic heterocycles. The van der Waals surface area contributed by atoms with Gasteiger partial charge in [0, 0.05) is 13.2 Å². The number of rotatable bonds is 4. The van der Waals surface area contributed by atoms with Crippen molar-refractivity contribution in [2.24, 2.45) is 0 Å². The number of hydrogen-bond acceptors (Lipinski definition) is 5. The van der Waals surface area contributed by atoms with Crippen LogP contribution in [0.1, 0.15) is 12.8 Å². The normalized spacial score (nSPS) is 35.5. The summed E-state index contributed by atoms with van der Waals surface area (Å²) in [6.07, 6.45) is 1.86. The van der Waals surface area contributed by atoms with E-state index in [4.69, 9.17) is 30.3 Å². The van der Waals surface area contributed by atoms with Crippen molar-refractivity contribution in [3.63, 3.8) is 0 Å². The lowest BCUT2D eigenvalue weighted by Crippen LogP contribution is -2.14. The van der Waals surface area contributed by atoms with Crippen LogP contribution in [-0.2, 0) is 30.3 Å². The molecule has 2 heterocycles. The molecule has 7 heteroatoms. The zero-order chi connectivity index (χ0) is 10.7. The smallest absolute Gasteiger partial charge is 0.244 e. The van der Waals surface area contributed by atoms with E-state index in [2.05, 4.69) is 12.2 Å². The average molecular weight is 270 g/mol. The van der Waals surface area contributed by atoms with Gasteiger partial charge in [-0.05, 0) is 24.6 Å². The van der Waals surface area contributed by atoms with Gasteiger partial charge in [0.05, 0.1) is 25.4 Å². The molecule has 0 bridgehead atoms. The van der Waals surface area contributed by atoms with Crippen LogP contribution in [0, 0.1) is 0 Å². The third kappa shape index (κ3) is 3.97. The van der Waals surface area contributed by atoms with Crippen LogP contribution in [0.15, 0.2) is 0 Å². The molecular weight excluding hydrogens is 255 g/mol. The average Bonchev–Trinajstić information content (AvgIpc) is 2.75. The molecule has 0 aliphatic carbocycles. The zero-order valence-corrected chi connectivity index (χ0v) is 10.9. The van der Waals surface area contributed by atoms with Gasteiger partial charge >= 0.3 is 0 Å². The molecule has 2 aliphatic heterocycles. The molecule has 0 N–H and O–H groups in total. The van der Waals surface area contributed by atoms with Crippen molar-refractivity contribution in [1.29, 1.82) is 0 Å². The molecule has 0 amide bonds. The van der Waals surface area contributed by atoms with Crippen molar-refractivity contribution in [1.82, 2.24) is 0 Å². The predicted molar refractivity (Wildman–Crippen MR) is 63.9 cm³/mol. The van der Waals surface area contributed by atoms with Gasteiger partial charge in [0.1, 0.15) is 0 Å². The Morgan fingerprint density at radius 2 is 1.53 bits per heavy atom. The summed E-state index contributed by atoms with van der Waals surface area (Å²) in [7, 11) is 0. The minimum absolute atomic E-state index is 0.0515. The summed E-state index contributed by atoms with van der Waals surface area (Å²) in [4.78, 5) is 0. The molecule has 0 spiro atoms. The molecule has 0 radical (unpaired) electrons. The summed E-state index contributed by atoms with van der Waals surface area (Å²) < 4.78 is 21.7. The molecule has 0 aromatic rings. The van der Waals surface area contributed by atoms with Gasteiger partial charge in [-0.3, -0.25) is 0 Å². The number of thiol groups is 1. The molecule has 2 unspecified atom stereocenters. The maximum atomic E-state index is 5.65. The highest BCUT2D eigenvalue weighted by Gasteiger charge is 2.28. The first-order chi connectivity index (χ1) is 7.16. The summed E-state index contributed by atoms with van der Waals surface area (Å²) in [5.41, 5.74) is -2.42. The third-order valence-electron chi connectivity index (χ3n) is 2.34. The van der Waals surface area contributed by atoms with Crippen molar-refractivity contribution < 1.29 is 18.5 Å². The minimum atomic E-state index is -2.42. The van der Waals surface area contributed by atoms with E-state index in [9.17, 15) is 0 Å².